The van der Waals surface area contributed by atoms with Crippen LogP contribution in [0.1, 0.15) is 20.3 Å². The molecule has 1 aromatic rings. The lowest BCUT2D eigenvalue weighted by molar-refractivity contribution is -0.119. The second-order valence-electron chi connectivity index (χ2n) is 5.47. The van der Waals surface area contributed by atoms with Gasteiger partial charge < -0.3 is 15.5 Å². The molecule has 0 aliphatic carbocycles. The summed E-state index contributed by atoms with van der Waals surface area (Å²) in [6.07, 6.45) is 2.63. The summed E-state index contributed by atoms with van der Waals surface area (Å²) >= 11 is 0. The number of likely N-dealkylation sites (tertiary alicyclic amines) is 1. The first kappa shape index (κ1) is 13.8. The van der Waals surface area contributed by atoms with Crippen molar-refractivity contribution in [2.45, 2.75) is 26.3 Å². The maximum absolute atomic E-state index is 12.0. The summed E-state index contributed by atoms with van der Waals surface area (Å²) in [4.78, 5) is 18.5. The van der Waals surface area contributed by atoms with Gasteiger partial charge in [0.05, 0.1) is 17.8 Å². The van der Waals surface area contributed by atoms with Crippen molar-refractivity contribution in [3.05, 3.63) is 18.3 Å². The maximum atomic E-state index is 12.0. The molecule has 1 fully saturated rings. The van der Waals surface area contributed by atoms with Crippen LogP contribution in [0.15, 0.2) is 18.3 Å². The fourth-order valence-corrected chi connectivity index (χ4v) is 2.24. The Morgan fingerprint density at radius 3 is 2.79 bits per heavy atom. The first-order valence-corrected chi connectivity index (χ1v) is 6.76. The average molecular weight is 262 g/mol. The summed E-state index contributed by atoms with van der Waals surface area (Å²) in [5.74, 6) is 1.02. The van der Waals surface area contributed by atoms with Crippen LogP contribution in [0, 0.1) is 5.92 Å². The number of hydrogen-bond acceptors (Lipinski definition) is 4. The van der Waals surface area contributed by atoms with Crippen molar-refractivity contribution in [1.82, 2.24) is 9.88 Å². The van der Waals surface area contributed by atoms with E-state index in [2.05, 4.69) is 34.4 Å². The highest BCUT2D eigenvalue weighted by Crippen LogP contribution is 2.17. The van der Waals surface area contributed by atoms with Gasteiger partial charge in [0.15, 0.2) is 0 Å². The molecule has 19 heavy (non-hydrogen) atoms. The van der Waals surface area contributed by atoms with Gasteiger partial charge in [-0.1, -0.05) is 0 Å². The third-order valence-corrected chi connectivity index (χ3v) is 3.23. The topological polar surface area (TPSA) is 57.3 Å². The quantitative estimate of drug-likeness (QED) is 0.868. The Kier molecular flexibility index (Phi) is 4.37. The third kappa shape index (κ3) is 3.92. The minimum Gasteiger partial charge on any atom is -0.368 e. The molecule has 1 saturated heterocycles. The van der Waals surface area contributed by atoms with E-state index in [9.17, 15) is 4.79 Å². The summed E-state index contributed by atoms with van der Waals surface area (Å²) in [5.41, 5.74) is 0.758. The van der Waals surface area contributed by atoms with Gasteiger partial charge in [0.2, 0.25) is 5.91 Å². The first-order valence-electron chi connectivity index (χ1n) is 6.76. The number of rotatable bonds is 4. The van der Waals surface area contributed by atoms with Crippen molar-refractivity contribution in [3.63, 3.8) is 0 Å². The number of carbonyl (C=O) groups is 1. The molecule has 0 aromatic carbocycles. The van der Waals surface area contributed by atoms with Gasteiger partial charge in [-0.05, 0) is 46.0 Å². The van der Waals surface area contributed by atoms with Gasteiger partial charge in [-0.3, -0.25) is 4.79 Å². The van der Waals surface area contributed by atoms with E-state index in [0.29, 0.717) is 6.04 Å². The van der Waals surface area contributed by atoms with Crippen molar-refractivity contribution < 1.29 is 4.79 Å². The highest BCUT2D eigenvalue weighted by Gasteiger charge is 2.25. The molecule has 0 bridgehead atoms. The monoisotopic (exact) mass is 262 g/mol. The molecule has 5 heteroatoms. The average Bonchev–Trinajstić information content (AvgIpc) is 2.78. The second-order valence-corrected chi connectivity index (χ2v) is 5.47. The Labute approximate surface area is 114 Å². The molecule has 0 radical (unpaired) electrons. The number of pyridine rings is 1. The SMILES string of the molecule is CC(C)Nc1ccc(NC(=O)C2CCN(C)C2)cn1. The molecule has 1 aliphatic heterocycles. The van der Waals surface area contributed by atoms with Gasteiger partial charge in [0.25, 0.3) is 0 Å². The molecule has 1 amide bonds. The van der Waals surface area contributed by atoms with Crippen molar-refractivity contribution in [1.29, 1.82) is 0 Å². The number of amides is 1. The zero-order chi connectivity index (χ0) is 13.8. The molecular weight excluding hydrogens is 240 g/mol. The molecule has 1 aliphatic rings. The molecule has 104 valence electrons. The lowest BCUT2D eigenvalue weighted by Crippen LogP contribution is -2.25. The van der Waals surface area contributed by atoms with Gasteiger partial charge in [0.1, 0.15) is 5.82 Å². The summed E-state index contributed by atoms with van der Waals surface area (Å²) in [6.45, 7) is 5.96. The molecule has 0 spiro atoms. The number of carbonyl (C=O) groups excluding carboxylic acids is 1. The predicted molar refractivity (Wildman–Crippen MR) is 77.2 cm³/mol. The lowest BCUT2D eigenvalue weighted by atomic mass is 10.1. The number of nitrogens with zero attached hydrogens (tertiary/aromatic N) is 2. The zero-order valence-electron chi connectivity index (χ0n) is 11.8. The number of nitrogens with one attached hydrogen (secondary N) is 2. The van der Waals surface area contributed by atoms with E-state index < -0.39 is 0 Å². The molecule has 2 rings (SSSR count). The second kappa shape index (κ2) is 6.02. The van der Waals surface area contributed by atoms with E-state index >= 15 is 0 Å². The van der Waals surface area contributed by atoms with Gasteiger partial charge >= 0.3 is 0 Å². The largest absolute Gasteiger partial charge is 0.368 e. The maximum Gasteiger partial charge on any atom is 0.228 e. The summed E-state index contributed by atoms with van der Waals surface area (Å²) < 4.78 is 0. The van der Waals surface area contributed by atoms with E-state index in [1.54, 1.807) is 6.20 Å². The van der Waals surface area contributed by atoms with Gasteiger partial charge in [-0.15, -0.1) is 0 Å². The van der Waals surface area contributed by atoms with Crippen LogP contribution in [0.2, 0.25) is 0 Å². The number of aromatic nitrogens is 1. The fourth-order valence-electron chi connectivity index (χ4n) is 2.24. The van der Waals surface area contributed by atoms with Crippen molar-refractivity contribution >= 4 is 17.4 Å². The minimum atomic E-state index is 0.0933. The molecule has 1 atom stereocenters. The summed E-state index contributed by atoms with van der Waals surface area (Å²) in [7, 11) is 2.04. The van der Waals surface area contributed by atoms with Crippen LogP contribution in [0.25, 0.3) is 0 Å². The number of hydrogen-bond donors (Lipinski definition) is 2. The minimum absolute atomic E-state index is 0.0933. The van der Waals surface area contributed by atoms with E-state index in [-0.39, 0.29) is 11.8 Å². The molecular formula is C14H22N4O. The smallest absolute Gasteiger partial charge is 0.228 e. The van der Waals surface area contributed by atoms with Crippen LogP contribution in [0.3, 0.4) is 0 Å². The normalized spacial score (nSPS) is 19.7. The molecule has 0 saturated carbocycles. The van der Waals surface area contributed by atoms with E-state index in [1.807, 2.05) is 19.2 Å². The van der Waals surface area contributed by atoms with E-state index in [1.165, 1.54) is 0 Å². The Morgan fingerprint density at radius 1 is 1.47 bits per heavy atom. The molecule has 1 aromatic heterocycles. The summed E-state index contributed by atoms with van der Waals surface area (Å²) in [5, 5.41) is 6.14. The van der Waals surface area contributed by atoms with Crippen LogP contribution in [-0.4, -0.2) is 42.0 Å². The standard InChI is InChI=1S/C14H22N4O/c1-10(2)16-13-5-4-12(8-15-13)17-14(19)11-6-7-18(3)9-11/h4-5,8,10-11H,6-7,9H2,1-3H3,(H,15,16)(H,17,19). The van der Waals surface area contributed by atoms with Gasteiger partial charge in [-0.2, -0.15) is 0 Å². The zero-order valence-corrected chi connectivity index (χ0v) is 11.8. The van der Waals surface area contributed by atoms with E-state index in [4.69, 9.17) is 0 Å². The third-order valence-electron chi connectivity index (χ3n) is 3.23. The van der Waals surface area contributed by atoms with Gasteiger partial charge in [-0.25, -0.2) is 4.98 Å². The highest BCUT2D eigenvalue weighted by molar-refractivity contribution is 5.92. The lowest BCUT2D eigenvalue weighted by Gasteiger charge is -2.12. The van der Waals surface area contributed by atoms with Crippen LogP contribution in [0.5, 0.6) is 0 Å². The number of anilines is 2. The summed E-state index contributed by atoms with van der Waals surface area (Å²) in [6, 6.07) is 4.12. The van der Waals surface area contributed by atoms with Crippen LogP contribution in [0.4, 0.5) is 11.5 Å². The Hall–Kier alpha value is -1.62. The van der Waals surface area contributed by atoms with Crippen molar-refractivity contribution in [3.8, 4) is 0 Å². The van der Waals surface area contributed by atoms with Crippen molar-refractivity contribution in [2.24, 2.45) is 5.92 Å². The van der Waals surface area contributed by atoms with Crippen LogP contribution in [-0.2, 0) is 4.79 Å². The molecule has 1 unspecified atom stereocenters. The highest BCUT2D eigenvalue weighted by atomic mass is 16.1. The Morgan fingerprint density at radius 2 is 2.26 bits per heavy atom. The molecule has 2 heterocycles. The fraction of sp³-hybridized carbons (Fsp3) is 0.571. The van der Waals surface area contributed by atoms with Gasteiger partial charge in [0, 0.05) is 12.6 Å². The first-order chi connectivity index (χ1) is 9.04. The van der Waals surface area contributed by atoms with Crippen LogP contribution < -0.4 is 10.6 Å². The van der Waals surface area contributed by atoms with Crippen molar-refractivity contribution in [2.75, 3.05) is 30.8 Å². The predicted octanol–water partition coefficient (Wildman–Crippen LogP) is 1.79. The van der Waals surface area contributed by atoms with Crippen LogP contribution >= 0.6 is 0 Å². The molecule has 5 nitrogen and oxygen atoms in total. The Bertz CT molecular complexity index is 430. The molecule has 2 N–H and O–H groups in total. The Balaban J connectivity index is 1.90. The van der Waals surface area contributed by atoms with E-state index in [0.717, 1.165) is 31.0 Å².